The number of halogens is 1. The van der Waals surface area contributed by atoms with Gasteiger partial charge in [0.15, 0.2) is 9.84 Å². The van der Waals surface area contributed by atoms with Gasteiger partial charge in [-0.3, -0.25) is 4.79 Å². The number of aromatic nitrogens is 1. The second kappa shape index (κ2) is 9.31. The van der Waals surface area contributed by atoms with Gasteiger partial charge < -0.3 is 9.26 Å². The number of aryl methyl sites for hydroxylation is 1. The van der Waals surface area contributed by atoms with Crippen LogP contribution in [0.4, 0.5) is 0 Å². The lowest BCUT2D eigenvalue weighted by atomic mass is 9.85. The summed E-state index contributed by atoms with van der Waals surface area (Å²) in [4.78, 5) is 23.6. The Balaban J connectivity index is 1.63. The number of esters is 1. The first-order valence-electron chi connectivity index (χ1n) is 9.26. The molecule has 30 heavy (non-hydrogen) atoms. The van der Waals surface area contributed by atoms with Gasteiger partial charge in [0, 0.05) is 31.1 Å². The summed E-state index contributed by atoms with van der Waals surface area (Å²) in [5.41, 5.74) is 1.26. The molecule has 1 aromatic carbocycles. The first kappa shape index (κ1) is 22.5. The first-order valence-corrected chi connectivity index (χ1v) is 12.2. The molecule has 1 unspecified atom stereocenters. The van der Waals surface area contributed by atoms with Crippen molar-refractivity contribution < 1.29 is 27.3 Å². The fraction of sp³-hybridized carbons (Fsp3) is 0.381. The molecule has 1 atom stereocenters. The van der Waals surface area contributed by atoms with E-state index >= 15 is 0 Å². The van der Waals surface area contributed by atoms with Gasteiger partial charge in [-0.2, -0.15) is 0 Å². The summed E-state index contributed by atoms with van der Waals surface area (Å²) < 4.78 is 33.4. The minimum absolute atomic E-state index is 0.00663. The predicted octanol–water partition coefficient (Wildman–Crippen LogP) is 2.86. The zero-order valence-electron chi connectivity index (χ0n) is 16.3. The molecule has 1 fully saturated rings. The molecule has 1 saturated carbocycles. The number of hydrogen-bond acceptors (Lipinski definition) is 7. The standard InChI is InChI=1S/C21H20INO6S/c1-30(26,27)21(22,20(25)28-14-15-5-3-2-4-6-15)10-9-17-13-19(29-23-17)8-7-16-11-18(24)12-16/h2-6,13,16H,9-12,14H2,1H3. The van der Waals surface area contributed by atoms with Crippen molar-refractivity contribution in [3.63, 3.8) is 0 Å². The lowest BCUT2D eigenvalue weighted by Gasteiger charge is -2.23. The molecule has 0 amide bonds. The number of nitrogens with zero attached hydrogens (tertiary/aromatic N) is 1. The number of Topliss-reactive ketones (excluding diaryl/α,β-unsaturated/α-hetero) is 1. The molecule has 7 nitrogen and oxygen atoms in total. The molecule has 1 aliphatic rings. The van der Waals surface area contributed by atoms with Crippen molar-refractivity contribution in [1.82, 2.24) is 5.16 Å². The molecule has 0 saturated heterocycles. The van der Waals surface area contributed by atoms with Crippen LogP contribution in [-0.2, 0) is 37.2 Å². The van der Waals surface area contributed by atoms with Gasteiger partial charge in [-0.05, 0) is 46.9 Å². The van der Waals surface area contributed by atoms with Crippen LogP contribution in [0.1, 0.15) is 36.3 Å². The summed E-state index contributed by atoms with van der Waals surface area (Å²) in [7, 11) is -3.76. The van der Waals surface area contributed by atoms with Crippen LogP contribution in [0.5, 0.6) is 0 Å². The molecular formula is C21H20INO6S. The van der Waals surface area contributed by atoms with Gasteiger partial charge in [0.05, 0.1) is 5.69 Å². The van der Waals surface area contributed by atoms with Crippen molar-refractivity contribution >= 4 is 44.2 Å². The topological polar surface area (TPSA) is 104 Å². The lowest BCUT2D eigenvalue weighted by Crippen LogP contribution is -2.41. The van der Waals surface area contributed by atoms with Gasteiger partial charge >= 0.3 is 5.97 Å². The van der Waals surface area contributed by atoms with Crippen molar-refractivity contribution in [1.29, 1.82) is 0 Å². The summed E-state index contributed by atoms with van der Waals surface area (Å²) in [5.74, 6) is 5.57. The smallest absolute Gasteiger partial charge is 0.337 e. The molecule has 2 aromatic rings. The van der Waals surface area contributed by atoms with E-state index in [2.05, 4.69) is 17.0 Å². The molecule has 158 valence electrons. The number of sulfone groups is 1. The van der Waals surface area contributed by atoms with Gasteiger partial charge in [0.25, 0.3) is 0 Å². The highest BCUT2D eigenvalue weighted by molar-refractivity contribution is 14.1. The summed E-state index contributed by atoms with van der Waals surface area (Å²) in [6.07, 6.45) is 2.12. The Morgan fingerprint density at radius 3 is 2.67 bits per heavy atom. The molecule has 1 heterocycles. The maximum absolute atomic E-state index is 12.7. The van der Waals surface area contributed by atoms with Crippen LogP contribution in [0.15, 0.2) is 40.9 Å². The Morgan fingerprint density at radius 1 is 1.33 bits per heavy atom. The highest BCUT2D eigenvalue weighted by atomic mass is 127. The van der Waals surface area contributed by atoms with E-state index in [0.29, 0.717) is 24.3 Å². The SMILES string of the molecule is CS(=O)(=O)C(I)(CCc1cc(C#CC2CC(=O)C2)on1)C(=O)OCc1ccccc1. The zero-order chi connectivity index (χ0) is 21.8. The second-order valence-electron chi connectivity index (χ2n) is 7.16. The predicted molar refractivity (Wildman–Crippen MR) is 117 cm³/mol. The van der Waals surface area contributed by atoms with Crippen molar-refractivity contribution in [3.8, 4) is 11.8 Å². The van der Waals surface area contributed by atoms with E-state index in [1.807, 2.05) is 18.2 Å². The number of benzene rings is 1. The van der Waals surface area contributed by atoms with Crippen LogP contribution >= 0.6 is 22.6 Å². The molecule has 0 N–H and O–H groups in total. The fourth-order valence-electron chi connectivity index (χ4n) is 2.81. The highest BCUT2D eigenvalue weighted by Gasteiger charge is 2.47. The summed E-state index contributed by atoms with van der Waals surface area (Å²) in [6.45, 7) is -0.00663. The average molecular weight is 541 g/mol. The number of alkyl halides is 1. The first-order chi connectivity index (χ1) is 14.2. The number of ketones is 1. The number of carbonyl (C=O) groups excluding carboxylic acids is 2. The minimum atomic E-state index is -3.76. The van der Waals surface area contributed by atoms with Crippen molar-refractivity contribution in [2.24, 2.45) is 5.92 Å². The van der Waals surface area contributed by atoms with Crippen molar-refractivity contribution in [3.05, 3.63) is 53.4 Å². The molecule has 0 radical (unpaired) electrons. The fourth-order valence-corrected chi connectivity index (χ4v) is 4.07. The minimum Gasteiger partial charge on any atom is -0.459 e. The largest absolute Gasteiger partial charge is 0.459 e. The normalized spacial score (nSPS) is 16.1. The maximum Gasteiger partial charge on any atom is 0.337 e. The van der Waals surface area contributed by atoms with E-state index in [1.54, 1.807) is 40.8 Å². The van der Waals surface area contributed by atoms with Crippen LogP contribution in [0.3, 0.4) is 0 Å². The van der Waals surface area contributed by atoms with E-state index in [0.717, 1.165) is 11.8 Å². The number of carbonyl (C=O) groups is 2. The molecule has 0 bridgehead atoms. The van der Waals surface area contributed by atoms with Gasteiger partial charge in [-0.15, -0.1) is 0 Å². The van der Waals surface area contributed by atoms with Crippen LogP contribution in [0, 0.1) is 17.8 Å². The monoisotopic (exact) mass is 541 g/mol. The zero-order valence-corrected chi connectivity index (χ0v) is 19.2. The van der Waals surface area contributed by atoms with Gasteiger partial charge in [-0.1, -0.05) is 41.4 Å². The Kier molecular flexibility index (Phi) is 6.98. The van der Waals surface area contributed by atoms with E-state index in [-0.39, 0.29) is 31.1 Å². The Hall–Kier alpha value is -2.19. The molecule has 3 rings (SSSR count). The summed E-state index contributed by atoms with van der Waals surface area (Å²) in [6, 6.07) is 10.7. The van der Waals surface area contributed by atoms with E-state index in [4.69, 9.17) is 9.26 Å². The Morgan fingerprint density at radius 2 is 2.03 bits per heavy atom. The van der Waals surface area contributed by atoms with Crippen LogP contribution < -0.4 is 0 Å². The number of ether oxygens (including phenoxy) is 1. The van der Waals surface area contributed by atoms with Gasteiger partial charge in [0.2, 0.25) is 8.51 Å². The third-order valence-electron chi connectivity index (χ3n) is 4.71. The van der Waals surface area contributed by atoms with Crippen molar-refractivity contribution in [2.45, 2.75) is 35.0 Å². The molecule has 9 heteroatoms. The van der Waals surface area contributed by atoms with E-state index < -0.39 is 18.6 Å². The number of rotatable bonds is 7. The molecule has 1 aromatic heterocycles. The third kappa shape index (κ3) is 5.49. The second-order valence-corrected chi connectivity index (χ2v) is 12.0. The Labute approximate surface area is 188 Å². The van der Waals surface area contributed by atoms with Gasteiger partial charge in [0.1, 0.15) is 12.4 Å². The Bertz CT molecular complexity index is 1090. The molecule has 0 aliphatic heterocycles. The van der Waals surface area contributed by atoms with Crippen LogP contribution in [0.2, 0.25) is 0 Å². The third-order valence-corrected chi connectivity index (χ3v) is 9.64. The average Bonchev–Trinajstić information content (AvgIpc) is 3.14. The lowest BCUT2D eigenvalue weighted by molar-refractivity contribution is -0.145. The summed E-state index contributed by atoms with van der Waals surface area (Å²) in [5, 5.41) is 3.90. The van der Waals surface area contributed by atoms with Gasteiger partial charge in [-0.25, -0.2) is 13.2 Å². The quantitative estimate of drug-likeness (QED) is 0.230. The summed E-state index contributed by atoms with van der Waals surface area (Å²) >= 11 is 1.64. The van der Waals surface area contributed by atoms with E-state index in [1.165, 1.54) is 0 Å². The highest BCUT2D eigenvalue weighted by Crippen LogP contribution is 2.33. The van der Waals surface area contributed by atoms with Crippen LogP contribution in [-0.4, -0.2) is 34.3 Å². The van der Waals surface area contributed by atoms with Crippen LogP contribution in [0.25, 0.3) is 0 Å². The molecular weight excluding hydrogens is 521 g/mol. The van der Waals surface area contributed by atoms with E-state index in [9.17, 15) is 18.0 Å². The number of hydrogen-bond donors (Lipinski definition) is 0. The molecule has 0 spiro atoms. The molecule has 1 aliphatic carbocycles. The maximum atomic E-state index is 12.7. The van der Waals surface area contributed by atoms with Crippen molar-refractivity contribution in [2.75, 3.05) is 6.26 Å².